The van der Waals surface area contributed by atoms with E-state index in [4.69, 9.17) is 9.47 Å². The summed E-state index contributed by atoms with van der Waals surface area (Å²) < 4.78 is 12.1. The normalized spacial score (nSPS) is 46.2. The summed E-state index contributed by atoms with van der Waals surface area (Å²) in [5.74, 6) is 9.29. The Kier molecular flexibility index (Phi) is 14.1. The predicted molar refractivity (Wildman–Crippen MR) is 254 cm³/mol. The van der Waals surface area contributed by atoms with Crippen LogP contribution in [0.5, 0.6) is 0 Å². The van der Waals surface area contributed by atoms with Crippen molar-refractivity contribution in [1.82, 2.24) is 0 Å². The molecule has 0 amide bonds. The van der Waals surface area contributed by atoms with Crippen molar-refractivity contribution in [3.8, 4) is 0 Å². The second-order valence-corrected chi connectivity index (χ2v) is 26.0. The van der Waals surface area contributed by atoms with Crippen molar-refractivity contribution in [1.29, 1.82) is 0 Å². The molecule has 0 N–H and O–H groups in total. The van der Waals surface area contributed by atoms with Gasteiger partial charge < -0.3 is 9.47 Å². The van der Waals surface area contributed by atoms with Crippen LogP contribution in [-0.2, 0) is 28.7 Å². The first kappa shape index (κ1) is 47.4. The number of rotatable bonds is 10. The molecule has 0 unspecified atom stereocenters. The van der Waals surface area contributed by atoms with Crippen LogP contribution < -0.4 is 0 Å². The van der Waals surface area contributed by atoms with Gasteiger partial charge in [0.05, 0.1) is 0 Å². The van der Waals surface area contributed by atoms with E-state index in [9.17, 15) is 19.2 Å². The molecule has 0 bridgehead atoms. The molecule has 10 rings (SSSR count). The fourth-order valence-corrected chi connectivity index (χ4v) is 19.7. The minimum absolute atomic E-state index is 0.0638. The number of carbonyl (C=O) groups excluding carboxylic acids is 4. The molecule has 64 heavy (non-hydrogen) atoms. The average Bonchev–Trinajstić information content (AvgIpc) is 4.09. The molecule has 10 aliphatic rings. The second-order valence-electron chi connectivity index (χ2n) is 26.0. The van der Waals surface area contributed by atoms with Crippen LogP contribution in [0.2, 0.25) is 0 Å². The number of hydrogen-bond donors (Lipinski definition) is 0. The van der Waals surface area contributed by atoms with E-state index in [1.54, 1.807) is 0 Å². The maximum Gasteiger partial charge on any atom is 0.306 e. The van der Waals surface area contributed by atoms with E-state index in [0.29, 0.717) is 58.9 Å². The third kappa shape index (κ3) is 8.90. The van der Waals surface area contributed by atoms with Crippen molar-refractivity contribution >= 4 is 23.5 Å². The van der Waals surface area contributed by atoms with Gasteiger partial charge in [-0.3, -0.25) is 19.2 Å². The summed E-state index contributed by atoms with van der Waals surface area (Å²) in [6, 6.07) is 0. The van der Waals surface area contributed by atoms with Gasteiger partial charge in [-0.05, 0) is 223 Å². The molecule has 0 aromatic heterocycles. The molecule has 16 atom stereocenters. The first-order chi connectivity index (χ1) is 30.6. The standard InChI is InChI=1S/2C29H46O3/c2*1-19(30)24-11-12-25-23-10-9-21-18-22(32-27(31)13-8-20-6-4-5-7-20)14-16-28(21,2)26(23)15-17-29(24,25)3/h2*20-26H,4-18H2,1-3H3/t2*21-,22+,23-,24+,25-,26-,28-,29+/m00/s1. The van der Waals surface area contributed by atoms with E-state index in [1.807, 2.05) is 13.8 Å². The highest BCUT2D eigenvalue weighted by molar-refractivity contribution is 5.80. The van der Waals surface area contributed by atoms with E-state index in [1.165, 1.54) is 128 Å². The van der Waals surface area contributed by atoms with Crippen molar-refractivity contribution in [2.24, 2.45) is 92.7 Å². The largest absolute Gasteiger partial charge is 0.462 e. The number of ether oxygens (including phenoxy) is 2. The number of Topliss-reactive ketones (excluding diaryl/α,β-unsaturated/α-hetero) is 2. The van der Waals surface area contributed by atoms with Crippen LogP contribution in [0.4, 0.5) is 0 Å². The predicted octanol–water partition coefficient (Wildman–Crippen LogP) is 14.2. The number of ketones is 2. The summed E-state index contributed by atoms with van der Waals surface area (Å²) in [7, 11) is 0. The highest BCUT2D eigenvalue weighted by atomic mass is 16.5. The number of esters is 2. The summed E-state index contributed by atoms with van der Waals surface area (Å²) in [6.45, 7) is 13.7. The lowest BCUT2D eigenvalue weighted by atomic mass is 9.44. The Labute approximate surface area is 389 Å². The zero-order valence-electron chi connectivity index (χ0n) is 41.7. The maximum absolute atomic E-state index is 12.5. The molecular formula is C58H92O6. The highest BCUT2D eigenvalue weighted by Crippen LogP contribution is 2.69. The molecule has 0 aromatic carbocycles. The molecule has 0 aliphatic heterocycles. The average molecular weight is 885 g/mol. The molecule has 0 heterocycles. The molecular weight excluding hydrogens is 793 g/mol. The lowest BCUT2D eigenvalue weighted by molar-refractivity contribution is -0.163. The van der Waals surface area contributed by atoms with Crippen molar-refractivity contribution in [2.75, 3.05) is 0 Å². The summed E-state index contributed by atoms with van der Waals surface area (Å²) in [6.07, 6.45) is 36.2. The molecule has 0 radical (unpaired) electrons. The Bertz CT molecular complexity index is 1570. The molecule has 0 saturated heterocycles. The monoisotopic (exact) mass is 885 g/mol. The van der Waals surface area contributed by atoms with E-state index in [-0.39, 0.29) is 35.0 Å². The van der Waals surface area contributed by atoms with Gasteiger partial charge in [0.1, 0.15) is 23.8 Å². The van der Waals surface area contributed by atoms with E-state index < -0.39 is 0 Å². The Morgan fingerprint density at radius 3 is 1.16 bits per heavy atom. The topological polar surface area (TPSA) is 86.7 Å². The van der Waals surface area contributed by atoms with Crippen molar-refractivity contribution in [2.45, 2.75) is 246 Å². The van der Waals surface area contributed by atoms with E-state index in [2.05, 4.69) is 27.7 Å². The van der Waals surface area contributed by atoms with Crippen LogP contribution in [0.15, 0.2) is 0 Å². The van der Waals surface area contributed by atoms with Gasteiger partial charge in [0, 0.05) is 24.7 Å². The molecule has 360 valence electrons. The van der Waals surface area contributed by atoms with Gasteiger partial charge >= 0.3 is 11.9 Å². The first-order valence-corrected chi connectivity index (χ1v) is 28.0. The first-order valence-electron chi connectivity index (χ1n) is 28.0. The Balaban J connectivity index is 0.000000162. The molecule has 10 saturated carbocycles. The van der Waals surface area contributed by atoms with Crippen molar-refractivity contribution < 1.29 is 28.7 Å². The van der Waals surface area contributed by atoms with Crippen LogP contribution in [-0.4, -0.2) is 35.7 Å². The van der Waals surface area contributed by atoms with Gasteiger partial charge in [0.25, 0.3) is 0 Å². The number of fused-ring (bicyclic) bond motifs is 10. The number of hydrogen-bond acceptors (Lipinski definition) is 6. The zero-order chi connectivity index (χ0) is 45.0. The smallest absolute Gasteiger partial charge is 0.306 e. The van der Waals surface area contributed by atoms with Gasteiger partial charge in [-0.2, -0.15) is 0 Å². The minimum Gasteiger partial charge on any atom is -0.462 e. The molecule has 10 fully saturated rings. The molecule has 10 aliphatic carbocycles. The summed E-state index contributed by atoms with van der Waals surface area (Å²) in [4.78, 5) is 49.8. The van der Waals surface area contributed by atoms with Gasteiger partial charge in [0.2, 0.25) is 0 Å². The van der Waals surface area contributed by atoms with Gasteiger partial charge in [-0.25, -0.2) is 0 Å². The third-order valence-corrected chi connectivity index (χ3v) is 23.3. The zero-order valence-corrected chi connectivity index (χ0v) is 41.7. The van der Waals surface area contributed by atoms with Crippen molar-refractivity contribution in [3.63, 3.8) is 0 Å². The third-order valence-electron chi connectivity index (χ3n) is 23.3. The van der Waals surface area contributed by atoms with Crippen LogP contribution in [0, 0.1) is 92.7 Å². The lowest BCUT2D eigenvalue weighted by Gasteiger charge is -2.61. The minimum atomic E-state index is 0.0638. The fraction of sp³-hybridized carbons (Fsp3) is 0.931. The Morgan fingerprint density at radius 1 is 0.422 bits per heavy atom. The fourth-order valence-electron chi connectivity index (χ4n) is 19.7. The molecule has 0 spiro atoms. The van der Waals surface area contributed by atoms with Crippen LogP contribution in [0.25, 0.3) is 0 Å². The SMILES string of the molecule is CC(=O)[C@H]1CC[C@H]2[C@@H]3CC[C@H]4C[C@H](OC(=O)CCC5CCCC5)CC[C@]4(C)[C@H]3CC[C@]12C.CC(=O)[C@H]1CC[C@H]2[C@@H]3CC[C@H]4C[C@H](OC(=O)CCC5CCCC5)CC[C@]4(C)[C@H]3CC[C@]12C. The number of carbonyl (C=O) groups is 4. The van der Waals surface area contributed by atoms with Gasteiger partial charge in [0.15, 0.2) is 0 Å². The van der Waals surface area contributed by atoms with E-state index in [0.717, 1.165) is 98.7 Å². The summed E-state index contributed by atoms with van der Waals surface area (Å²) in [5.41, 5.74) is 1.32. The summed E-state index contributed by atoms with van der Waals surface area (Å²) >= 11 is 0. The second kappa shape index (κ2) is 19.0. The molecule has 0 aromatic rings. The van der Waals surface area contributed by atoms with Crippen molar-refractivity contribution in [3.05, 3.63) is 0 Å². The highest BCUT2D eigenvalue weighted by Gasteiger charge is 2.63. The summed E-state index contributed by atoms with van der Waals surface area (Å²) in [5, 5.41) is 0. The van der Waals surface area contributed by atoms with Crippen LogP contribution in [0.1, 0.15) is 234 Å². The van der Waals surface area contributed by atoms with Gasteiger partial charge in [-0.1, -0.05) is 79.1 Å². The molecule has 6 nitrogen and oxygen atoms in total. The Morgan fingerprint density at radius 2 is 0.781 bits per heavy atom. The van der Waals surface area contributed by atoms with Crippen LogP contribution in [0.3, 0.4) is 0 Å². The van der Waals surface area contributed by atoms with Crippen LogP contribution >= 0.6 is 0 Å². The quantitative estimate of drug-likeness (QED) is 0.203. The Hall–Kier alpha value is -1.72. The lowest BCUT2D eigenvalue weighted by Crippen LogP contribution is -2.54. The van der Waals surface area contributed by atoms with E-state index >= 15 is 0 Å². The molecule has 6 heteroatoms. The maximum atomic E-state index is 12.5. The van der Waals surface area contributed by atoms with Gasteiger partial charge in [-0.15, -0.1) is 0 Å².